The first kappa shape index (κ1) is 39.2. The lowest BCUT2D eigenvalue weighted by Crippen LogP contribution is -2.41. The van der Waals surface area contributed by atoms with E-state index in [9.17, 15) is 13.5 Å². The van der Waals surface area contributed by atoms with Crippen LogP contribution in [0.4, 0.5) is 0 Å². The Hall–Kier alpha value is -3.57. The molecule has 0 saturated heterocycles. The van der Waals surface area contributed by atoms with Gasteiger partial charge in [-0.2, -0.15) is 0 Å². The van der Waals surface area contributed by atoms with E-state index >= 15 is 0 Å². The second-order valence-corrected chi connectivity index (χ2v) is 17.6. The first-order valence-electron chi connectivity index (χ1n) is 18.6. The highest BCUT2D eigenvalue weighted by Gasteiger charge is 2.45. The maximum Gasteiger partial charge on any atom is 0.206 e. The van der Waals surface area contributed by atoms with Gasteiger partial charge in [0.15, 0.2) is 0 Å². The lowest BCUT2D eigenvalue weighted by Gasteiger charge is -2.48. The summed E-state index contributed by atoms with van der Waals surface area (Å²) in [5, 5.41) is 9.25. The molecule has 1 aliphatic carbocycles. The molecule has 5 rings (SSSR count). The number of rotatable bonds is 11. The molecule has 50 heavy (non-hydrogen) atoms. The van der Waals surface area contributed by atoms with Gasteiger partial charge in [0, 0.05) is 5.41 Å². The summed E-state index contributed by atoms with van der Waals surface area (Å²) >= 11 is 0. The normalized spacial score (nSPS) is 19.0. The zero-order valence-electron chi connectivity index (χ0n) is 31.9. The van der Waals surface area contributed by atoms with Crippen molar-refractivity contribution in [2.45, 2.75) is 134 Å². The van der Waals surface area contributed by atoms with Gasteiger partial charge >= 0.3 is 0 Å². The van der Waals surface area contributed by atoms with Crippen molar-refractivity contribution in [1.29, 1.82) is 0 Å². The molecule has 1 N–H and O–H groups in total. The molecule has 0 spiro atoms. The Morgan fingerprint density at radius 2 is 1.24 bits per heavy atom. The second kappa shape index (κ2) is 16.2. The average Bonchev–Trinajstić information content (AvgIpc) is 3.09. The molecule has 1 fully saturated rings. The van der Waals surface area contributed by atoms with Crippen molar-refractivity contribution < 1.29 is 18.3 Å². The molecular formula is C45H60O4S. The van der Waals surface area contributed by atoms with Crippen LogP contribution in [0.3, 0.4) is 0 Å². The fourth-order valence-corrected chi connectivity index (χ4v) is 9.27. The van der Waals surface area contributed by atoms with Crippen LogP contribution in [0.2, 0.25) is 0 Å². The van der Waals surface area contributed by atoms with Crippen molar-refractivity contribution in [1.82, 2.24) is 0 Å². The molecule has 0 aliphatic heterocycles. The molecule has 4 aromatic rings. The number of phenolic OH excluding ortho intramolecular Hbond substituents is 1. The van der Waals surface area contributed by atoms with E-state index in [-0.39, 0.29) is 26.6 Å². The molecule has 0 bridgehead atoms. The fourth-order valence-electron chi connectivity index (χ4n) is 8.01. The molecule has 4 nitrogen and oxygen atoms in total. The van der Waals surface area contributed by atoms with E-state index in [1.165, 1.54) is 65.8 Å². The topological polar surface area (TPSA) is 63.6 Å². The largest absolute Gasteiger partial charge is 0.508 e. The molecule has 0 aromatic heterocycles. The van der Waals surface area contributed by atoms with Gasteiger partial charge in [-0.15, -0.1) is 0 Å². The number of ether oxygens (including phenoxy) is 1. The lowest BCUT2D eigenvalue weighted by atomic mass is 9.55. The van der Waals surface area contributed by atoms with Gasteiger partial charge in [-0.25, -0.2) is 8.42 Å². The summed E-state index contributed by atoms with van der Waals surface area (Å²) in [5.74, 6) is 2.22. The van der Waals surface area contributed by atoms with E-state index < -0.39 is 9.84 Å². The minimum Gasteiger partial charge on any atom is -0.508 e. The quantitative estimate of drug-likeness (QED) is 0.170. The summed E-state index contributed by atoms with van der Waals surface area (Å²) in [4.78, 5) is 0.471. The van der Waals surface area contributed by atoms with Crippen LogP contribution in [0.15, 0.2) is 107 Å². The highest BCUT2D eigenvalue weighted by atomic mass is 32.2. The predicted molar refractivity (Wildman–Crippen MR) is 208 cm³/mol. The maximum absolute atomic E-state index is 12.5. The molecule has 0 radical (unpaired) electrons. The molecule has 2 unspecified atom stereocenters. The average molecular weight is 697 g/mol. The van der Waals surface area contributed by atoms with E-state index in [4.69, 9.17) is 4.74 Å². The number of phenols is 1. The molecule has 270 valence electrons. The van der Waals surface area contributed by atoms with Gasteiger partial charge in [0.05, 0.1) is 9.79 Å². The summed E-state index contributed by atoms with van der Waals surface area (Å²) in [7, 11) is -3.52. The SMILES string of the molecule is CCC(C)(CC)Oc1ccc(C2(c3ccc(C)cc3)CC(C)CC(C)(C)C2)cc1.CCC(CC)c1ccc(S(=O)(=O)c2ccc(O)cc2)cc1. The molecular weight excluding hydrogens is 637 g/mol. The Bertz CT molecular complexity index is 1750. The number of aryl methyl sites for hydroxylation is 1. The maximum atomic E-state index is 12.5. The smallest absolute Gasteiger partial charge is 0.206 e. The van der Waals surface area contributed by atoms with Gasteiger partial charge in [-0.1, -0.05) is 103 Å². The predicted octanol–water partition coefficient (Wildman–Crippen LogP) is 12.2. The highest BCUT2D eigenvalue weighted by molar-refractivity contribution is 7.91. The van der Waals surface area contributed by atoms with Gasteiger partial charge in [0.2, 0.25) is 9.84 Å². The number of sulfone groups is 1. The fraction of sp³-hybridized carbons (Fsp3) is 0.467. The minimum absolute atomic E-state index is 0.0537. The van der Waals surface area contributed by atoms with Crippen molar-refractivity contribution >= 4 is 9.84 Å². The van der Waals surface area contributed by atoms with E-state index in [0.29, 0.717) is 17.3 Å². The highest BCUT2D eigenvalue weighted by Crippen LogP contribution is 2.53. The molecule has 1 saturated carbocycles. The third-order valence-electron chi connectivity index (χ3n) is 11.0. The number of hydrogen-bond acceptors (Lipinski definition) is 4. The number of aromatic hydroxyl groups is 1. The summed E-state index contributed by atoms with van der Waals surface area (Å²) in [6, 6.07) is 31.0. The summed E-state index contributed by atoms with van der Waals surface area (Å²) in [6.07, 6.45) is 7.82. The summed E-state index contributed by atoms with van der Waals surface area (Å²) in [5.41, 5.74) is 5.72. The zero-order chi connectivity index (χ0) is 36.7. The van der Waals surface area contributed by atoms with Gasteiger partial charge in [-0.3, -0.25) is 0 Å². The van der Waals surface area contributed by atoms with Gasteiger partial charge in [0.1, 0.15) is 17.1 Å². The molecule has 4 aromatic carbocycles. The zero-order valence-corrected chi connectivity index (χ0v) is 32.7. The molecule has 1 aliphatic rings. The van der Waals surface area contributed by atoms with Crippen LogP contribution in [-0.2, 0) is 15.3 Å². The van der Waals surface area contributed by atoms with Crippen molar-refractivity contribution in [3.8, 4) is 11.5 Å². The second-order valence-electron chi connectivity index (χ2n) is 15.7. The third kappa shape index (κ3) is 9.20. The van der Waals surface area contributed by atoms with Gasteiger partial charge < -0.3 is 9.84 Å². The van der Waals surface area contributed by atoms with Crippen LogP contribution in [-0.4, -0.2) is 19.1 Å². The van der Waals surface area contributed by atoms with Gasteiger partial charge in [-0.05, 0) is 141 Å². The van der Waals surface area contributed by atoms with E-state index in [1.807, 2.05) is 12.1 Å². The minimum atomic E-state index is -3.52. The first-order valence-corrected chi connectivity index (χ1v) is 20.1. The monoisotopic (exact) mass is 696 g/mol. The van der Waals surface area contributed by atoms with E-state index in [2.05, 4.69) is 111 Å². The molecule has 0 amide bonds. The van der Waals surface area contributed by atoms with Crippen LogP contribution in [0.25, 0.3) is 0 Å². The van der Waals surface area contributed by atoms with Crippen molar-refractivity contribution in [2.75, 3.05) is 0 Å². The van der Waals surface area contributed by atoms with E-state index in [1.54, 1.807) is 12.1 Å². The Balaban J connectivity index is 0.000000237. The lowest BCUT2D eigenvalue weighted by molar-refractivity contribution is 0.0801. The van der Waals surface area contributed by atoms with Gasteiger partial charge in [0.25, 0.3) is 0 Å². The Morgan fingerprint density at radius 3 is 1.70 bits per heavy atom. The van der Waals surface area contributed by atoms with E-state index in [0.717, 1.165) is 31.4 Å². The number of hydrogen-bond donors (Lipinski definition) is 1. The Kier molecular flexibility index (Phi) is 12.7. The molecule has 0 heterocycles. The van der Waals surface area contributed by atoms with Crippen LogP contribution in [0, 0.1) is 18.3 Å². The Morgan fingerprint density at radius 1 is 0.760 bits per heavy atom. The third-order valence-corrected chi connectivity index (χ3v) is 12.8. The van der Waals surface area contributed by atoms with Crippen LogP contribution < -0.4 is 4.74 Å². The Labute approximate surface area is 303 Å². The number of benzene rings is 4. The summed E-state index contributed by atoms with van der Waals surface area (Å²) < 4.78 is 31.3. The van der Waals surface area contributed by atoms with Crippen LogP contribution in [0.5, 0.6) is 11.5 Å². The standard InChI is InChI=1S/C28H40O.C17H20O3S/c1-8-27(7,9-2)29-25-16-14-24(15-17-25)28(23-12-10-21(3)11-13-23)19-22(4)18-26(5,6)20-28;1-3-13(4-2)14-5-9-16(10-6-14)21(19,20)17-11-7-15(18)8-12-17/h10-17,22H,8-9,18-20H2,1-7H3;5-13,18H,3-4H2,1-2H3. The first-order chi connectivity index (χ1) is 23.6. The molecule has 5 heteroatoms. The van der Waals surface area contributed by atoms with Crippen LogP contribution >= 0.6 is 0 Å². The molecule has 2 atom stereocenters. The van der Waals surface area contributed by atoms with Crippen molar-refractivity contribution in [2.24, 2.45) is 11.3 Å². The van der Waals surface area contributed by atoms with Crippen molar-refractivity contribution in [3.63, 3.8) is 0 Å². The van der Waals surface area contributed by atoms with Crippen molar-refractivity contribution in [3.05, 3.63) is 119 Å². The van der Waals surface area contributed by atoms with Crippen LogP contribution in [0.1, 0.15) is 129 Å². The summed E-state index contributed by atoms with van der Waals surface area (Å²) in [6.45, 7) is 20.4.